The summed E-state index contributed by atoms with van der Waals surface area (Å²) >= 11 is 0. The second kappa shape index (κ2) is 11.8. The fourth-order valence-electron chi connectivity index (χ4n) is 3.91. The second-order valence-electron chi connectivity index (χ2n) is 8.74. The Balaban J connectivity index is 0.00000320. The van der Waals surface area contributed by atoms with Crippen LogP contribution in [0.15, 0.2) is 35.3 Å². The Hall–Kier alpha value is -0.710. The smallest absolute Gasteiger partial charge is 0.194 e. The summed E-state index contributed by atoms with van der Waals surface area (Å²) in [5.74, 6) is 1.51. The molecule has 2 aliphatic rings. The quantitative estimate of drug-likeness (QED) is 0.337. The third-order valence-corrected chi connectivity index (χ3v) is 7.42. The minimum Gasteiger partial charge on any atom is -0.373 e. The van der Waals surface area contributed by atoms with Crippen molar-refractivity contribution in [3.8, 4) is 0 Å². The van der Waals surface area contributed by atoms with Gasteiger partial charge >= 0.3 is 0 Å². The number of fused-ring (bicyclic) bond motifs is 1. The number of nitrogens with zero attached hydrogens (tertiary/aromatic N) is 3. The highest BCUT2D eigenvalue weighted by Gasteiger charge is 2.41. The number of hydrogen-bond donors (Lipinski definition) is 1. The van der Waals surface area contributed by atoms with Crippen LogP contribution >= 0.6 is 24.0 Å². The SMILES string of the molecule is CCNC(=NCCS(=O)C(C)(C)C)N1CC2OCCN(Cc3ccccc3)C2C1.I. The van der Waals surface area contributed by atoms with E-state index >= 15 is 0 Å². The van der Waals surface area contributed by atoms with Crippen LogP contribution in [0.1, 0.15) is 33.3 Å². The molecule has 8 heteroatoms. The lowest BCUT2D eigenvalue weighted by Gasteiger charge is -2.36. The lowest BCUT2D eigenvalue weighted by Crippen LogP contribution is -2.50. The summed E-state index contributed by atoms with van der Waals surface area (Å²) in [7, 11) is -0.881. The molecule has 0 bridgehead atoms. The van der Waals surface area contributed by atoms with Gasteiger partial charge in [0.1, 0.15) is 0 Å². The van der Waals surface area contributed by atoms with Gasteiger partial charge in [-0.05, 0) is 33.3 Å². The third kappa shape index (κ3) is 6.90. The Morgan fingerprint density at radius 2 is 2.00 bits per heavy atom. The van der Waals surface area contributed by atoms with Gasteiger partial charge in [0.05, 0.1) is 25.3 Å². The topological polar surface area (TPSA) is 57.2 Å². The molecule has 170 valence electrons. The van der Waals surface area contributed by atoms with E-state index in [2.05, 4.69) is 52.4 Å². The highest BCUT2D eigenvalue weighted by molar-refractivity contribution is 14.0. The molecule has 1 aromatic rings. The molecule has 3 unspecified atom stereocenters. The maximum atomic E-state index is 12.3. The van der Waals surface area contributed by atoms with Crippen molar-refractivity contribution in [1.82, 2.24) is 15.1 Å². The van der Waals surface area contributed by atoms with Crippen LogP contribution in [0.2, 0.25) is 0 Å². The fraction of sp³-hybridized carbons (Fsp3) is 0.682. The van der Waals surface area contributed by atoms with Gasteiger partial charge in [-0.1, -0.05) is 30.3 Å². The van der Waals surface area contributed by atoms with E-state index in [-0.39, 0.29) is 34.8 Å². The molecule has 3 rings (SSSR count). The summed E-state index contributed by atoms with van der Waals surface area (Å²) in [5, 5.41) is 3.41. The van der Waals surface area contributed by atoms with Crippen LogP contribution in [0.3, 0.4) is 0 Å². The molecule has 0 amide bonds. The Morgan fingerprint density at radius 3 is 2.67 bits per heavy atom. The van der Waals surface area contributed by atoms with Gasteiger partial charge in [0.15, 0.2) is 5.96 Å². The van der Waals surface area contributed by atoms with Crippen molar-refractivity contribution in [1.29, 1.82) is 0 Å². The van der Waals surface area contributed by atoms with Gasteiger partial charge in [-0.25, -0.2) is 0 Å². The highest BCUT2D eigenvalue weighted by Crippen LogP contribution is 2.24. The standard InChI is InChI=1S/C22H36N4O2S.HI/c1-5-23-21(24-11-14-29(27)22(2,3)4)26-16-19-20(17-26)28-13-12-25(19)15-18-9-7-6-8-10-18;/h6-10,19-20H,5,11-17H2,1-4H3,(H,23,24);1H. The van der Waals surface area contributed by atoms with Gasteiger partial charge < -0.3 is 15.0 Å². The number of likely N-dealkylation sites (tertiary alicyclic amines) is 1. The zero-order valence-electron chi connectivity index (χ0n) is 18.7. The van der Waals surface area contributed by atoms with Crippen LogP contribution in [-0.4, -0.2) is 81.9 Å². The Labute approximate surface area is 201 Å². The molecule has 0 aliphatic carbocycles. The monoisotopic (exact) mass is 548 g/mol. The average molecular weight is 549 g/mol. The number of ether oxygens (including phenoxy) is 1. The predicted molar refractivity (Wildman–Crippen MR) is 136 cm³/mol. The summed E-state index contributed by atoms with van der Waals surface area (Å²) in [6.07, 6.45) is 0.208. The Morgan fingerprint density at radius 1 is 1.27 bits per heavy atom. The molecule has 0 saturated carbocycles. The number of hydrogen-bond acceptors (Lipinski definition) is 4. The molecular formula is C22H37IN4O2S. The first-order valence-electron chi connectivity index (χ1n) is 10.7. The van der Waals surface area contributed by atoms with Crippen molar-refractivity contribution >= 4 is 40.7 Å². The molecule has 1 N–H and O–H groups in total. The number of benzene rings is 1. The minimum absolute atomic E-state index is 0. The molecule has 2 aliphatic heterocycles. The van der Waals surface area contributed by atoms with Crippen molar-refractivity contribution in [3.05, 3.63) is 35.9 Å². The largest absolute Gasteiger partial charge is 0.373 e. The molecule has 2 saturated heterocycles. The summed E-state index contributed by atoms with van der Waals surface area (Å²) in [6, 6.07) is 11.0. The van der Waals surface area contributed by atoms with E-state index < -0.39 is 10.8 Å². The van der Waals surface area contributed by atoms with E-state index in [1.165, 1.54) is 5.56 Å². The molecule has 0 radical (unpaired) electrons. The number of guanidine groups is 1. The van der Waals surface area contributed by atoms with Gasteiger partial charge in [-0.3, -0.25) is 14.1 Å². The number of nitrogens with one attached hydrogen (secondary N) is 1. The van der Waals surface area contributed by atoms with Crippen LogP contribution in [0.25, 0.3) is 0 Å². The summed E-state index contributed by atoms with van der Waals surface area (Å²) in [5.41, 5.74) is 1.34. The van der Waals surface area contributed by atoms with Crippen molar-refractivity contribution in [2.24, 2.45) is 4.99 Å². The summed E-state index contributed by atoms with van der Waals surface area (Å²) < 4.78 is 18.2. The van der Waals surface area contributed by atoms with E-state index in [0.29, 0.717) is 18.3 Å². The first-order chi connectivity index (χ1) is 13.9. The second-order valence-corrected chi connectivity index (χ2v) is 11.1. The highest BCUT2D eigenvalue weighted by atomic mass is 127. The molecule has 1 aromatic carbocycles. The van der Waals surface area contributed by atoms with E-state index in [1.54, 1.807) is 0 Å². The molecular weight excluding hydrogens is 511 g/mol. The molecule has 0 aromatic heterocycles. The van der Waals surface area contributed by atoms with Crippen molar-refractivity contribution in [3.63, 3.8) is 0 Å². The van der Waals surface area contributed by atoms with E-state index in [0.717, 1.165) is 45.3 Å². The zero-order valence-corrected chi connectivity index (χ0v) is 21.8. The van der Waals surface area contributed by atoms with Gasteiger partial charge in [-0.2, -0.15) is 0 Å². The third-order valence-electron chi connectivity index (χ3n) is 5.50. The molecule has 0 spiro atoms. The number of aliphatic imine (C=N–C) groups is 1. The first kappa shape index (κ1) is 25.5. The Bertz CT molecular complexity index is 711. The van der Waals surface area contributed by atoms with Crippen molar-refractivity contribution < 1.29 is 8.95 Å². The molecule has 6 nitrogen and oxygen atoms in total. The number of rotatable bonds is 6. The molecule has 2 fully saturated rings. The Kier molecular flexibility index (Phi) is 10.0. The van der Waals surface area contributed by atoms with Crippen LogP contribution < -0.4 is 5.32 Å². The van der Waals surface area contributed by atoms with Crippen molar-refractivity contribution in [2.75, 3.05) is 45.1 Å². The van der Waals surface area contributed by atoms with E-state index in [9.17, 15) is 4.21 Å². The number of morpholine rings is 1. The summed E-state index contributed by atoms with van der Waals surface area (Å²) in [6.45, 7) is 14.0. The van der Waals surface area contributed by atoms with Crippen molar-refractivity contribution in [2.45, 2.75) is 51.1 Å². The van der Waals surface area contributed by atoms with Crippen LogP contribution in [0, 0.1) is 0 Å². The van der Waals surface area contributed by atoms with Crippen LogP contribution in [0.4, 0.5) is 0 Å². The normalized spacial score (nSPS) is 23.6. The minimum atomic E-state index is -0.881. The van der Waals surface area contributed by atoms with Crippen LogP contribution in [-0.2, 0) is 22.1 Å². The predicted octanol–water partition coefficient (Wildman–Crippen LogP) is 2.70. The summed E-state index contributed by atoms with van der Waals surface area (Å²) in [4.78, 5) is 9.63. The molecule has 3 atom stereocenters. The van der Waals surface area contributed by atoms with Gasteiger partial charge in [0.2, 0.25) is 0 Å². The maximum Gasteiger partial charge on any atom is 0.194 e. The average Bonchev–Trinajstić information content (AvgIpc) is 3.12. The van der Waals surface area contributed by atoms with Gasteiger partial charge in [0.25, 0.3) is 0 Å². The molecule has 2 heterocycles. The maximum absolute atomic E-state index is 12.3. The number of halogens is 1. The zero-order chi connectivity index (χ0) is 20.9. The van der Waals surface area contributed by atoms with Crippen LogP contribution in [0.5, 0.6) is 0 Å². The van der Waals surface area contributed by atoms with Gasteiger partial charge in [0, 0.05) is 54.0 Å². The fourth-order valence-corrected chi connectivity index (χ4v) is 4.78. The van der Waals surface area contributed by atoms with E-state index in [1.807, 2.05) is 20.8 Å². The van der Waals surface area contributed by atoms with Gasteiger partial charge in [-0.15, -0.1) is 24.0 Å². The molecule has 30 heavy (non-hydrogen) atoms. The lowest BCUT2D eigenvalue weighted by atomic mass is 10.1. The lowest BCUT2D eigenvalue weighted by molar-refractivity contribution is -0.0502. The van der Waals surface area contributed by atoms with E-state index in [4.69, 9.17) is 9.73 Å². The first-order valence-corrected chi connectivity index (χ1v) is 12.0.